The lowest BCUT2D eigenvalue weighted by Crippen LogP contribution is -2.15. The number of carbonyl (C=O) groups excluding carboxylic acids is 2. The Balaban J connectivity index is 1.49. The number of esters is 1. The molecule has 0 unspecified atom stereocenters. The average Bonchev–Trinajstić information content (AvgIpc) is 2.78. The van der Waals surface area contributed by atoms with Gasteiger partial charge in [0.05, 0.1) is 11.3 Å². The van der Waals surface area contributed by atoms with Crippen LogP contribution in [0.5, 0.6) is 5.75 Å². The van der Waals surface area contributed by atoms with Crippen molar-refractivity contribution in [1.29, 1.82) is 0 Å². The van der Waals surface area contributed by atoms with Crippen molar-refractivity contribution in [2.24, 2.45) is 0 Å². The number of aryl methyl sites for hydroxylation is 1. The number of halogens is 1. The van der Waals surface area contributed by atoms with Crippen molar-refractivity contribution in [2.75, 3.05) is 24.3 Å². The van der Waals surface area contributed by atoms with E-state index >= 15 is 0 Å². The average molecular weight is 440 g/mol. The molecule has 0 aromatic heterocycles. The van der Waals surface area contributed by atoms with Gasteiger partial charge < -0.3 is 14.8 Å². The van der Waals surface area contributed by atoms with E-state index in [1.165, 1.54) is 23.9 Å². The molecular weight excluding hydrogens is 417 g/mol. The van der Waals surface area contributed by atoms with Crippen molar-refractivity contribution in [3.05, 3.63) is 89.7 Å². The van der Waals surface area contributed by atoms with Crippen LogP contribution in [0.15, 0.2) is 77.7 Å². The first kappa shape index (κ1) is 22.4. The number of carbonyl (C=O) groups is 2. The Labute approximate surface area is 184 Å². The van der Waals surface area contributed by atoms with Crippen LogP contribution in [0.3, 0.4) is 0 Å². The minimum absolute atomic E-state index is 0.0277. The zero-order valence-corrected chi connectivity index (χ0v) is 17.8. The predicted molar refractivity (Wildman–Crippen MR) is 119 cm³/mol. The maximum atomic E-state index is 13.5. The highest BCUT2D eigenvalue weighted by atomic mass is 32.2. The first-order chi connectivity index (χ1) is 15.0. The Morgan fingerprint density at radius 1 is 0.935 bits per heavy atom. The molecule has 160 valence electrons. The molecule has 7 heteroatoms. The molecule has 0 fully saturated rings. The van der Waals surface area contributed by atoms with Gasteiger partial charge in [-0.1, -0.05) is 42.0 Å². The topological polar surface area (TPSA) is 64.6 Å². The van der Waals surface area contributed by atoms with Gasteiger partial charge in [-0.3, -0.25) is 4.79 Å². The fraction of sp³-hybridized carbons (Fsp3) is 0.167. The highest BCUT2D eigenvalue weighted by molar-refractivity contribution is 8.00. The van der Waals surface area contributed by atoms with Gasteiger partial charge in [0.1, 0.15) is 13.2 Å². The van der Waals surface area contributed by atoms with Gasteiger partial charge in [-0.15, -0.1) is 11.8 Å². The lowest BCUT2D eigenvalue weighted by atomic mass is 10.2. The normalized spacial score (nSPS) is 10.4. The number of anilines is 1. The molecule has 3 rings (SSSR count). The molecule has 0 aliphatic heterocycles. The third kappa shape index (κ3) is 6.86. The molecule has 1 N–H and O–H groups in total. The molecule has 0 radical (unpaired) electrons. The fourth-order valence-corrected chi connectivity index (χ4v) is 3.50. The second-order valence-corrected chi connectivity index (χ2v) is 7.63. The predicted octanol–water partition coefficient (Wildman–Crippen LogP) is 5.10. The molecule has 0 saturated carbocycles. The minimum atomic E-state index is -0.529. The van der Waals surface area contributed by atoms with Gasteiger partial charge in [-0.25, -0.2) is 9.18 Å². The van der Waals surface area contributed by atoms with E-state index in [0.717, 1.165) is 11.3 Å². The van der Waals surface area contributed by atoms with Crippen LogP contribution in [0.1, 0.15) is 15.9 Å². The smallest absolute Gasteiger partial charge is 0.339 e. The highest BCUT2D eigenvalue weighted by Gasteiger charge is 2.14. The Bertz CT molecular complexity index is 1040. The number of amides is 1. The van der Waals surface area contributed by atoms with Crippen molar-refractivity contribution < 1.29 is 23.5 Å². The monoisotopic (exact) mass is 439 g/mol. The van der Waals surface area contributed by atoms with E-state index in [-0.39, 0.29) is 30.6 Å². The summed E-state index contributed by atoms with van der Waals surface area (Å²) in [6.45, 7) is 1.98. The highest BCUT2D eigenvalue weighted by Crippen LogP contribution is 2.24. The molecule has 0 aliphatic carbocycles. The van der Waals surface area contributed by atoms with E-state index < -0.39 is 11.8 Å². The van der Waals surface area contributed by atoms with Crippen molar-refractivity contribution >= 4 is 29.3 Å². The summed E-state index contributed by atoms with van der Waals surface area (Å²) >= 11 is 1.25. The molecule has 0 saturated heterocycles. The molecule has 31 heavy (non-hydrogen) atoms. The first-order valence-corrected chi connectivity index (χ1v) is 10.6. The van der Waals surface area contributed by atoms with Gasteiger partial charge in [-0.2, -0.15) is 0 Å². The Hall–Kier alpha value is -3.32. The van der Waals surface area contributed by atoms with Crippen LogP contribution in [-0.2, 0) is 9.53 Å². The van der Waals surface area contributed by atoms with Gasteiger partial charge in [0.25, 0.3) is 0 Å². The summed E-state index contributed by atoms with van der Waals surface area (Å²) in [4.78, 5) is 25.3. The summed E-state index contributed by atoms with van der Waals surface area (Å²) in [6, 6.07) is 20.5. The van der Waals surface area contributed by atoms with Gasteiger partial charge in [0, 0.05) is 10.6 Å². The van der Waals surface area contributed by atoms with E-state index in [2.05, 4.69) is 5.32 Å². The first-order valence-electron chi connectivity index (χ1n) is 9.66. The fourth-order valence-electron chi connectivity index (χ4n) is 2.66. The van der Waals surface area contributed by atoms with Crippen molar-refractivity contribution in [2.45, 2.75) is 11.8 Å². The van der Waals surface area contributed by atoms with E-state index in [1.54, 1.807) is 36.4 Å². The summed E-state index contributed by atoms with van der Waals surface area (Å²) in [5.74, 6) is -0.919. The zero-order chi connectivity index (χ0) is 22.1. The standard InChI is InChI=1S/C24H22FNO4S/c1-17-10-12-18(13-11-17)26-23(27)16-31-22-9-5-2-6-19(22)24(28)30-15-14-29-21-8-4-3-7-20(21)25/h2-13H,14-16H2,1H3,(H,26,27). The van der Waals surface area contributed by atoms with Crippen LogP contribution in [0.2, 0.25) is 0 Å². The summed E-state index contributed by atoms with van der Waals surface area (Å²) in [5.41, 5.74) is 2.19. The molecule has 0 bridgehead atoms. The minimum Gasteiger partial charge on any atom is -0.487 e. The Morgan fingerprint density at radius 2 is 1.65 bits per heavy atom. The van der Waals surface area contributed by atoms with Crippen LogP contribution in [0, 0.1) is 12.7 Å². The number of ether oxygens (including phenoxy) is 2. The second-order valence-electron chi connectivity index (χ2n) is 6.61. The molecule has 0 aliphatic rings. The van der Waals surface area contributed by atoms with E-state index in [0.29, 0.717) is 10.5 Å². The number of benzene rings is 3. The summed E-state index contributed by atoms with van der Waals surface area (Å²) in [5, 5.41) is 2.83. The molecule has 0 spiro atoms. The molecule has 0 heterocycles. The summed E-state index contributed by atoms with van der Waals surface area (Å²) in [6.07, 6.45) is 0. The number of para-hydroxylation sites is 1. The number of rotatable bonds is 9. The van der Waals surface area contributed by atoms with Crippen molar-refractivity contribution in [3.8, 4) is 5.75 Å². The largest absolute Gasteiger partial charge is 0.487 e. The molecule has 3 aromatic rings. The summed E-state index contributed by atoms with van der Waals surface area (Å²) < 4.78 is 24.1. The molecule has 0 atom stereocenters. The third-order valence-corrected chi connectivity index (χ3v) is 5.29. The molecule has 5 nitrogen and oxygen atoms in total. The third-order valence-electron chi connectivity index (χ3n) is 4.21. The number of hydrogen-bond donors (Lipinski definition) is 1. The quantitative estimate of drug-likeness (QED) is 0.285. The van der Waals surface area contributed by atoms with Crippen LogP contribution < -0.4 is 10.1 Å². The maximum Gasteiger partial charge on any atom is 0.339 e. The van der Waals surface area contributed by atoms with Crippen LogP contribution in [-0.4, -0.2) is 30.8 Å². The van der Waals surface area contributed by atoms with Crippen molar-refractivity contribution in [1.82, 2.24) is 0 Å². The lowest BCUT2D eigenvalue weighted by Gasteiger charge is -2.11. The van der Waals surface area contributed by atoms with E-state index in [9.17, 15) is 14.0 Å². The SMILES string of the molecule is Cc1ccc(NC(=O)CSc2ccccc2C(=O)OCCOc2ccccc2F)cc1. The lowest BCUT2D eigenvalue weighted by molar-refractivity contribution is -0.113. The van der Waals surface area contributed by atoms with Gasteiger partial charge in [0.2, 0.25) is 5.91 Å². The summed E-state index contributed by atoms with van der Waals surface area (Å²) in [7, 11) is 0. The van der Waals surface area contributed by atoms with Crippen molar-refractivity contribution in [3.63, 3.8) is 0 Å². The Morgan fingerprint density at radius 3 is 2.42 bits per heavy atom. The zero-order valence-electron chi connectivity index (χ0n) is 17.0. The van der Waals surface area contributed by atoms with Gasteiger partial charge >= 0.3 is 5.97 Å². The van der Waals surface area contributed by atoms with E-state index in [1.807, 2.05) is 31.2 Å². The van der Waals surface area contributed by atoms with Crippen LogP contribution >= 0.6 is 11.8 Å². The number of nitrogens with one attached hydrogen (secondary N) is 1. The maximum absolute atomic E-state index is 13.5. The van der Waals surface area contributed by atoms with Crippen LogP contribution in [0.4, 0.5) is 10.1 Å². The Kier molecular flexibility index (Phi) is 8.06. The van der Waals surface area contributed by atoms with E-state index in [4.69, 9.17) is 9.47 Å². The number of hydrogen-bond acceptors (Lipinski definition) is 5. The molecule has 3 aromatic carbocycles. The van der Waals surface area contributed by atoms with Crippen LogP contribution in [0.25, 0.3) is 0 Å². The molecule has 1 amide bonds. The van der Waals surface area contributed by atoms with Gasteiger partial charge in [0.15, 0.2) is 11.6 Å². The van der Waals surface area contributed by atoms with Gasteiger partial charge in [-0.05, 0) is 43.3 Å². The molecular formula is C24H22FNO4S. The number of thioether (sulfide) groups is 1. The second kappa shape index (κ2) is 11.2.